The first-order valence-electron chi connectivity index (χ1n) is 9.92. The van der Waals surface area contributed by atoms with Gasteiger partial charge in [0, 0.05) is 11.8 Å². The lowest BCUT2D eigenvalue weighted by Gasteiger charge is -2.12. The quantitative estimate of drug-likeness (QED) is 0.352. The second kappa shape index (κ2) is 8.76. The lowest BCUT2D eigenvalue weighted by atomic mass is 10.1. The van der Waals surface area contributed by atoms with Crippen molar-refractivity contribution in [3.63, 3.8) is 0 Å². The highest BCUT2D eigenvalue weighted by Gasteiger charge is 2.13. The van der Waals surface area contributed by atoms with Crippen LogP contribution in [0.25, 0.3) is 10.8 Å². The molecule has 0 amide bonds. The summed E-state index contributed by atoms with van der Waals surface area (Å²) in [4.78, 5) is 4.35. The SMILES string of the molecule is COc1cc(/C=N/c2oc(C)c(C)c2C#N)ccc1OCc1cccc2ccccc12. The first-order valence-corrected chi connectivity index (χ1v) is 9.92. The van der Waals surface area contributed by atoms with Crippen LogP contribution in [0.4, 0.5) is 5.88 Å². The Morgan fingerprint density at radius 2 is 1.84 bits per heavy atom. The van der Waals surface area contributed by atoms with E-state index in [-0.39, 0.29) is 0 Å². The summed E-state index contributed by atoms with van der Waals surface area (Å²) in [7, 11) is 1.61. The highest BCUT2D eigenvalue weighted by Crippen LogP contribution is 2.31. The fraction of sp³-hybridized carbons (Fsp3) is 0.154. The highest BCUT2D eigenvalue weighted by atomic mass is 16.5. The Balaban J connectivity index is 1.55. The van der Waals surface area contributed by atoms with E-state index in [1.165, 1.54) is 10.8 Å². The van der Waals surface area contributed by atoms with E-state index >= 15 is 0 Å². The molecule has 3 aromatic carbocycles. The number of benzene rings is 3. The summed E-state index contributed by atoms with van der Waals surface area (Å²) in [5, 5.41) is 11.7. The maximum absolute atomic E-state index is 9.33. The summed E-state index contributed by atoms with van der Waals surface area (Å²) in [5.41, 5.74) is 3.18. The maximum Gasteiger partial charge on any atom is 0.237 e. The Morgan fingerprint density at radius 1 is 1.03 bits per heavy atom. The third-order valence-corrected chi connectivity index (χ3v) is 5.26. The number of ether oxygens (including phenoxy) is 2. The van der Waals surface area contributed by atoms with Crippen molar-refractivity contribution in [3.05, 3.63) is 88.7 Å². The number of aliphatic imine (C=N–C) groups is 1. The van der Waals surface area contributed by atoms with Gasteiger partial charge >= 0.3 is 0 Å². The number of hydrogen-bond donors (Lipinski definition) is 0. The topological polar surface area (TPSA) is 67.8 Å². The molecule has 0 N–H and O–H groups in total. The van der Waals surface area contributed by atoms with Gasteiger partial charge in [0.2, 0.25) is 5.88 Å². The van der Waals surface area contributed by atoms with Gasteiger partial charge in [-0.3, -0.25) is 0 Å². The molecule has 0 aliphatic carbocycles. The zero-order chi connectivity index (χ0) is 21.8. The van der Waals surface area contributed by atoms with Gasteiger partial charge in [0.05, 0.1) is 7.11 Å². The van der Waals surface area contributed by atoms with Gasteiger partial charge in [-0.25, -0.2) is 4.99 Å². The van der Waals surface area contributed by atoms with Crippen LogP contribution in [0.3, 0.4) is 0 Å². The average molecular weight is 410 g/mol. The van der Waals surface area contributed by atoms with E-state index in [0.717, 1.165) is 16.7 Å². The van der Waals surface area contributed by atoms with E-state index in [9.17, 15) is 5.26 Å². The number of rotatable bonds is 6. The lowest BCUT2D eigenvalue weighted by Crippen LogP contribution is -1.99. The third kappa shape index (κ3) is 4.15. The number of methoxy groups -OCH3 is 1. The summed E-state index contributed by atoms with van der Waals surface area (Å²) >= 11 is 0. The fourth-order valence-corrected chi connectivity index (χ4v) is 3.42. The van der Waals surface area contributed by atoms with Crippen LogP contribution >= 0.6 is 0 Å². The van der Waals surface area contributed by atoms with Crippen molar-refractivity contribution in [2.75, 3.05) is 7.11 Å². The number of furan rings is 1. The van der Waals surface area contributed by atoms with Gasteiger partial charge in [-0.05, 0) is 53.9 Å². The molecule has 5 heteroatoms. The monoisotopic (exact) mass is 410 g/mol. The summed E-state index contributed by atoms with van der Waals surface area (Å²) < 4.78 is 17.2. The van der Waals surface area contributed by atoms with Crippen LogP contribution in [0.2, 0.25) is 0 Å². The Hall–Kier alpha value is -4.04. The molecule has 0 spiro atoms. The van der Waals surface area contributed by atoms with Gasteiger partial charge in [-0.1, -0.05) is 42.5 Å². The van der Waals surface area contributed by atoms with E-state index in [0.29, 0.717) is 35.3 Å². The second-order valence-electron chi connectivity index (χ2n) is 7.17. The van der Waals surface area contributed by atoms with Crippen LogP contribution in [-0.2, 0) is 6.61 Å². The van der Waals surface area contributed by atoms with Crippen LogP contribution < -0.4 is 9.47 Å². The Labute approximate surface area is 181 Å². The van der Waals surface area contributed by atoms with Crippen molar-refractivity contribution < 1.29 is 13.9 Å². The molecule has 0 radical (unpaired) electrons. The molecule has 4 rings (SSSR count). The van der Waals surface area contributed by atoms with Gasteiger partial charge < -0.3 is 13.9 Å². The molecule has 0 saturated heterocycles. The van der Waals surface area contributed by atoms with Crippen molar-refractivity contribution in [1.29, 1.82) is 5.26 Å². The van der Waals surface area contributed by atoms with Crippen molar-refractivity contribution >= 4 is 22.9 Å². The third-order valence-electron chi connectivity index (χ3n) is 5.26. The van der Waals surface area contributed by atoms with Gasteiger partial charge in [0.25, 0.3) is 0 Å². The first kappa shape index (κ1) is 20.2. The largest absolute Gasteiger partial charge is 0.493 e. The van der Waals surface area contributed by atoms with Crippen molar-refractivity contribution in [3.8, 4) is 17.6 Å². The minimum Gasteiger partial charge on any atom is -0.493 e. The van der Waals surface area contributed by atoms with Crippen LogP contribution in [0.1, 0.15) is 28.0 Å². The smallest absolute Gasteiger partial charge is 0.237 e. The van der Waals surface area contributed by atoms with E-state index in [1.54, 1.807) is 13.3 Å². The molecule has 0 bridgehead atoms. The number of fused-ring (bicyclic) bond motifs is 1. The minimum absolute atomic E-state index is 0.313. The molecule has 1 aromatic heterocycles. The number of hydrogen-bond acceptors (Lipinski definition) is 5. The molecule has 1 heterocycles. The Morgan fingerprint density at radius 3 is 2.65 bits per heavy atom. The van der Waals surface area contributed by atoms with Gasteiger partial charge in [-0.15, -0.1) is 0 Å². The minimum atomic E-state index is 0.313. The van der Waals surface area contributed by atoms with Crippen molar-refractivity contribution in [2.45, 2.75) is 20.5 Å². The highest BCUT2D eigenvalue weighted by molar-refractivity contribution is 5.85. The Kier molecular flexibility index (Phi) is 5.72. The molecule has 0 atom stereocenters. The van der Waals surface area contributed by atoms with Crippen molar-refractivity contribution in [1.82, 2.24) is 0 Å². The molecule has 0 aliphatic heterocycles. The van der Waals surface area contributed by atoms with Gasteiger partial charge in [0.15, 0.2) is 11.5 Å². The predicted molar refractivity (Wildman–Crippen MR) is 121 cm³/mol. The number of aryl methyl sites for hydroxylation is 1. The average Bonchev–Trinajstić information content (AvgIpc) is 3.08. The standard InChI is InChI=1S/C26H22N2O3/c1-17-18(2)31-26(23(17)14-27)28-15-19-11-12-24(25(13-19)29-3)30-16-21-9-6-8-20-7-4-5-10-22(20)21/h4-13,15H,16H2,1-3H3/b28-15+. The zero-order valence-electron chi connectivity index (χ0n) is 17.7. The van der Waals surface area contributed by atoms with Crippen LogP contribution in [0.5, 0.6) is 11.5 Å². The van der Waals surface area contributed by atoms with E-state index in [2.05, 4.69) is 35.3 Å². The summed E-state index contributed by atoms with van der Waals surface area (Å²) in [6.07, 6.45) is 1.65. The normalized spacial score (nSPS) is 11.0. The first-order chi connectivity index (χ1) is 15.1. The number of nitriles is 1. The molecule has 0 saturated carbocycles. The summed E-state index contributed by atoms with van der Waals surface area (Å²) in [6.45, 7) is 4.10. The molecule has 0 aliphatic rings. The second-order valence-corrected chi connectivity index (χ2v) is 7.17. The van der Waals surface area contributed by atoms with Crippen LogP contribution in [0.15, 0.2) is 70.1 Å². The van der Waals surface area contributed by atoms with Crippen LogP contribution in [0, 0.1) is 25.2 Å². The maximum atomic E-state index is 9.33. The predicted octanol–water partition coefficient (Wildman–Crippen LogP) is 6.26. The van der Waals surface area contributed by atoms with E-state index in [4.69, 9.17) is 13.9 Å². The molecular formula is C26H22N2O3. The Bertz CT molecular complexity index is 1310. The van der Waals surface area contributed by atoms with Gasteiger partial charge in [-0.2, -0.15) is 5.26 Å². The number of nitrogens with zero attached hydrogens (tertiary/aromatic N) is 2. The molecule has 31 heavy (non-hydrogen) atoms. The van der Waals surface area contributed by atoms with Gasteiger partial charge in [0.1, 0.15) is 24.0 Å². The van der Waals surface area contributed by atoms with Crippen molar-refractivity contribution in [2.24, 2.45) is 4.99 Å². The fourth-order valence-electron chi connectivity index (χ4n) is 3.42. The molecule has 154 valence electrons. The zero-order valence-corrected chi connectivity index (χ0v) is 17.7. The molecular weight excluding hydrogens is 388 g/mol. The molecule has 4 aromatic rings. The van der Waals surface area contributed by atoms with E-state index < -0.39 is 0 Å². The summed E-state index contributed by atoms with van der Waals surface area (Å²) in [5.74, 6) is 2.26. The molecule has 0 fully saturated rings. The lowest BCUT2D eigenvalue weighted by molar-refractivity contribution is 0.285. The summed E-state index contributed by atoms with van der Waals surface area (Å²) in [6, 6.07) is 22.2. The van der Waals surface area contributed by atoms with E-state index in [1.807, 2.05) is 50.2 Å². The van der Waals surface area contributed by atoms with Crippen LogP contribution in [-0.4, -0.2) is 13.3 Å². The molecule has 5 nitrogen and oxygen atoms in total. The molecule has 0 unspecified atom stereocenters.